The molecule has 1 unspecified atom stereocenters. The van der Waals surface area contributed by atoms with Crippen molar-refractivity contribution in [2.45, 2.75) is 39.5 Å². The molecule has 0 bridgehead atoms. The molecule has 0 aliphatic rings. The largest absolute Gasteiger partial charge is 0.389 e. The third kappa shape index (κ3) is 7.59. The summed E-state index contributed by atoms with van der Waals surface area (Å²) in [5.41, 5.74) is -1.92. The van der Waals surface area contributed by atoms with Crippen molar-refractivity contribution in [3.05, 3.63) is 0 Å². The minimum Gasteiger partial charge on any atom is -0.389 e. The van der Waals surface area contributed by atoms with Gasteiger partial charge in [0.15, 0.2) is 5.67 Å². The van der Waals surface area contributed by atoms with Crippen LogP contribution in [-0.2, 0) is 9.53 Å². The number of halogens is 1. The van der Waals surface area contributed by atoms with Crippen molar-refractivity contribution < 1.29 is 19.0 Å². The van der Waals surface area contributed by atoms with Crippen LogP contribution in [0.25, 0.3) is 0 Å². The molecule has 0 rings (SSSR count). The molecule has 0 radical (unpaired) electrons. The van der Waals surface area contributed by atoms with E-state index in [1.54, 1.807) is 0 Å². The standard InChI is InChI=1S/C11H22FNO3/c1-8(2)6-16-7-9(14)5-13-10(15)11(3,4)12/h8-9,14H,5-7H2,1-4H3,(H,13,15). The highest BCUT2D eigenvalue weighted by molar-refractivity contribution is 5.84. The molecule has 2 N–H and O–H groups in total. The summed E-state index contributed by atoms with van der Waals surface area (Å²) in [6.07, 6.45) is -0.801. The summed E-state index contributed by atoms with van der Waals surface area (Å²) in [5, 5.41) is 11.7. The maximum atomic E-state index is 13.1. The van der Waals surface area contributed by atoms with E-state index in [4.69, 9.17) is 4.74 Å². The van der Waals surface area contributed by atoms with Gasteiger partial charge in [0, 0.05) is 13.2 Å². The van der Waals surface area contributed by atoms with Crippen LogP contribution in [0.2, 0.25) is 0 Å². The van der Waals surface area contributed by atoms with Gasteiger partial charge in [-0.15, -0.1) is 0 Å². The number of aliphatic hydroxyl groups excluding tert-OH is 1. The maximum absolute atomic E-state index is 13.1. The molecule has 0 aromatic heterocycles. The molecule has 0 aliphatic heterocycles. The van der Waals surface area contributed by atoms with Crippen molar-refractivity contribution >= 4 is 5.91 Å². The first-order valence-electron chi connectivity index (χ1n) is 5.46. The molecular weight excluding hydrogens is 213 g/mol. The summed E-state index contributed by atoms with van der Waals surface area (Å²) in [4.78, 5) is 11.1. The van der Waals surface area contributed by atoms with Gasteiger partial charge in [0.1, 0.15) is 0 Å². The lowest BCUT2D eigenvalue weighted by Gasteiger charge is -2.17. The van der Waals surface area contributed by atoms with E-state index in [1.165, 1.54) is 13.8 Å². The highest BCUT2D eigenvalue weighted by Gasteiger charge is 2.26. The number of amides is 1. The van der Waals surface area contributed by atoms with Crippen molar-refractivity contribution in [2.75, 3.05) is 19.8 Å². The van der Waals surface area contributed by atoms with Crippen LogP contribution >= 0.6 is 0 Å². The number of nitrogens with one attached hydrogen (secondary N) is 1. The van der Waals surface area contributed by atoms with Crippen LogP contribution in [0, 0.1) is 5.92 Å². The molecule has 1 atom stereocenters. The number of carbonyl (C=O) groups excluding carboxylic acids is 1. The van der Waals surface area contributed by atoms with Crippen LogP contribution in [0.4, 0.5) is 4.39 Å². The lowest BCUT2D eigenvalue weighted by Crippen LogP contribution is -2.43. The molecule has 0 saturated heterocycles. The number of hydrogen-bond acceptors (Lipinski definition) is 3. The Morgan fingerprint density at radius 3 is 2.44 bits per heavy atom. The minimum atomic E-state index is -1.92. The van der Waals surface area contributed by atoms with Gasteiger partial charge < -0.3 is 15.2 Å². The zero-order valence-corrected chi connectivity index (χ0v) is 10.4. The van der Waals surface area contributed by atoms with Gasteiger partial charge >= 0.3 is 0 Å². The van der Waals surface area contributed by atoms with Gasteiger partial charge in [-0.3, -0.25) is 4.79 Å². The van der Waals surface area contributed by atoms with E-state index in [0.29, 0.717) is 12.5 Å². The maximum Gasteiger partial charge on any atom is 0.257 e. The summed E-state index contributed by atoms with van der Waals surface area (Å²) in [6, 6.07) is 0. The number of hydrogen-bond donors (Lipinski definition) is 2. The van der Waals surface area contributed by atoms with E-state index < -0.39 is 17.7 Å². The van der Waals surface area contributed by atoms with Gasteiger partial charge in [-0.25, -0.2) is 4.39 Å². The van der Waals surface area contributed by atoms with Crippen LogP contribution in [-0.4, -0.2) is 42.5 Å². The second kappa shape index (κ2) is 6.81. The first-order chi connectivity index (χ1) is 7.23. The molecule has 0 aliphatic carbocycles. The van der Waals surface area contributed by atoms with Gasteiger partial charge in [-0.05, 0) is 19.8 Å². The third-order valence-electron chi connectivity index (χ3n) is 1.80. The number of rotatable bonds is 7. The molecule has 0 spiro atoms. The normalized spacial score (nSPS) is 13.9. The number of ether oxygens (including phenoxy) is 1. The fraction of sp³-hybridized carbons (Fsp3) is 0.909. The fourth-order valence-corrected chi connectivity index (χ4v) is 0.919. The molecule has 0 heterocycles. The molecule has 1 amide bonds. The van der Waals surface area contributed by atoms with Crippen molar-refractivity contribution in [1.29, 1.82) is 0 Å². The predicted octanol–water partition coefficient (Wildman–Crippen LogP) is 0.884. The van der Waals surface area contributed by atoms with Crippen LogP contribution in [0.3, 0.4) is 0 Å². The smallest absolute Gasteiger partial charge is 0.257 e. The lowest BCUT2D eigenvalue weighted by atomic mass is 10.1. The average Bonchev–Trinajstić information content (AvgIpc) is 2.11. The first kappa shape index (κ1) is 15.3. The monoisotopic (exact) mass is 235 g/mol. The number of aliphatic hydroxyl groups is 1. The molecule has 96 valence electrons. The number of alkyl halides is 1. The van der Waals surface area contributed by atoms with Crippen molar-refractivity contribution in [1.82, 2.24) is 5.32 Å². The molecule has 5 heteroatoms. The summed E-state index contributed by atoms with van der Waals surface area (Å²) < 4.78 is 18.2. The molecule has 0 aromatic carbocycles. The Labute approximate surface area is 96.2 Å². The second-order valence-corrected chi connectivity index (χ2v) is 4.77. The quantitative estimate of drug-likeness (QED) is 0.689. The molecule has 0 saturated carbocycles. The van der Waals surface area contributed by atoms with Crippen LogP contribution in [0.5, 0.6) is 0 Å². The Morgan fingerprint density at radius 2 is 2.00 bits per heavy atom. The Morgan fingerprint density at radius 1 is 1.44 bits per heavy atom. The van der Waals surface area contributed by atoms with Crippen molar-refractivity contribution in [3.8, 4) is 0 Å². The summed E-state index contributed by atoms with van der Waals surface area (Å²) in [7, 11) is 0. The zero-order valence-electron chi connectivity index (χ0n) is 10.4. The van der Waals surface area contributed by atoms with Crippen LogP contribution in [0.1, 0.15) is 27.7 Å². The summed E-state index contributed by atoms with van der Waals surface area (Å²) in [6.45, 7) is 7.04. The fourth-order valence-electron chi connectivity index (χ4n) is 0.919. The van der Waals surface area contributed by atoms with Crippen LogP contribution in [0.15, 0.2) is 0 Å². The van der Waals surface area contributed by atoms with Gasteiger partial charge in [-0.2, -0.15) is 0 Å². The lowest BCUT2D eigenvalue weighted by molar-refractivity contribution is -0.131. The molecular formula is C11H22FNO3. The second-order valence-electron chi connectivity index (χ2n) is 4.77. The Balaban J connectivity index is 3.65. The predicted molar refractivity (Wildman–Crippen MR) is 59.9 cm³/mol. The Kier molecular flexibility index (Phi) is 6.52. The van der Waals surface area contributed by atoms with Crippen molar-refractivity contribution in [3.63, 3.8) is 0 Å². The van der Waals surface area contributed by atoms with Crippen molar-refractivity contribution in [2.24, 2.45) is 5.92 Å². The molecule has 0 aromatic rings. The summed E-state index contributed by atoms with van der Waals surface area (Å²) >= 11 is 0. The SMILES string of the molecule is CC(C)COCC(O)CNC(=O)C(C)(C)F. The van der Waals surface area contributed by atoms with Gasteiger partial charge in [-0.1, -0.05) is 13.8 Å². The third-order valence-corrected chi connectivity index (χ3v) is 1.80. The summed E-state index contributed by atoms with van der Waals surface area (Å²) in [5.74, 6) is -0.332. The zero-order chi connectivity index (χ0) is 12.8. The Hall–Kier alpha value is -0.680. The van der Waals surface area contributed by atoms with E-state index in [0.717, 1.165) is 0 Å². The van der Waals surface area contributed by atoms with Gasteiger partial charge in [0.05, 0.1) is 12.7 Å². The molecule has 16 heavy (non-hydrogen) atoms. The molecule has 4 nitrogen and oxygen atoms in total. The highest BCUT2D eigenvalue weighted by Crippen LogP contribution is 2.07. The average molecular weight is 235 g/mol. The van der Waals surface area contributed by atoms with E-state index >= 15 is 0 Å². The van der Waals surface area contributed by atoms with E-state index in [-0.39, 0.29) is 13.2 Å². The molecule has 0 fully saturated rings. The van der Waals surface area contributed by atoms with E-state index in [9.17, 15) is 14.3 Å². The Bertz CT molecular complexity index is 214. The first-order valence-corrected chi connectivity index (χ1v) is 5.46. The van der Waals surface area contributed by atoms with E-state index in [2.05, 4.69) is 5.32 Å². The highest BCUT2D eigenvalue weighted by atomic mass is 19.1. The topological polar surface area (TPSA) is 58.6 Å². The van der Waals surface area contributed by atoms with Gasteiger partial charge in [0.25, 0.3) is 5.91 Å². The number of carbonyl (C=O) groups is 1. The van der Waals surface area contributed by atoms with E-state index in [1.807, 2.05) is 13.8 Å². The van der Waals surface area contributed by atoms with Crippen LogP contribution < -0.4 is 5.32 Å². The minimum absolute atomic E-state index is 0.00424. The van der Waals surface area contributed by atoms with Gasteiger partial charge in [0.2, 0.25) is 0 Å².